The van der Waals surface area contributed by atoms with Crippen LogP contribution in [-0.4, -0.2) is 131 Å². The lowest BCUT2D eigenvalue weighted by molar-refractivity contribution is -0.137. The number of hydrogen-bond acceptors (Lipinski definition) is 11. The van der Waals surface area contributed by atoms with Gasteiger partial charge in [0.15, 0.2) is 0 Å². The molecule has 17 nitrogen and oxygen atoms in total. The minimum Gasteiger partial charge on any atom is -0.379 e. The molecule has 1 aliphatic heterocycles. The zero-order chi connectivity index (χ0) is 38.1. The van der Waals surface area contributed by atoms with Crippen molar-refractivity contribution in [3.05, 3.63) is 42.0 Å². The molecule has 0 aliphatic carbocycles. The van der Waals surface area contributed by atoms with Gasteiger partial charge < -0.3 is 45.5 Å². The van der Waals surface area contributed by atoms with Crippen molar-refractivity contribution < 1.29 is 52.5 Å². The van der Waals surface area contributed by atoms with E-state index in [4.69, 9.17) is 18.9 Å². The van der Waals surface area contributed by atoms with E-state index in [0.717, 1.165) is 16.9 Å². The van der Waals surface area contributed by atoms with E-state index in [9.17, 15) is 33.6 Å². The Hall–Kier alpha value is -4.71. The summed E-state index contributed by atoms with van der Waals surface area (Å²) in [4.78, 5) is 85.2. The number of nitrogens with one attached hydrogen (secondary N) is 5. The molecule has 0 saturated carbocycles. The summed E-state index contributed by atoms with van der Waals surface area (Å²) in [6.07, 6.45) is 3.28. The highest BCUT2D eigenvalue weighted by Gasteiger charge is 2.25. The molecule has 0 radical (unpaired) electrons. The molecule has 0 aromatic heterocycles. The predicted octanol–water partition coefficient (Wildman–Crippen LogP) is -0.551. The van der Waals surface area contributed by atoms with Crippen molar-refractivity contribution in [3.63, 3.8) is 0 Å². The van der Waals surface area contributed by atoms with Crippen LogP contribution in [-0.2, 0) is 58.9 Å². The summed E-state index contributed by atoms with van der Waals surface area (Å²) in [5, 5.41) is 13.0. The van der Waals surface area contributed by atoms with Gasteiger partial charge in [-0.25, -0.2) is 0 Å². The lowest BCUT2D eigenvalue weighted by Gasteiger charge is -2.21. The first-order chi connectivity index (χ1) is 25.0. The number of ether oxygens (including phenoxy) is 4. The maximum absolute atomic E-state index is 12.7. The number of imide groups is 1. The van der Waals surface area contributed by atoms with E-state index in [1.165, 1.54) is 12.2 Å². The highest BCUT2D eigenvalue weighted by molar-refractivity contribution is 6.13. The summed E-state index contributed by atoms with van der Waals surface area (Å²) in [6.45, 7) is 7.60. The number of benzene rings is 1. The van der Waals surface area contributed by atoms with Crippen LogP contribution in [0.4, 0.5) is 5.69 Å². The van der Waals surface area contributed by atoms with Crippen molar-refractivity contribution >= 4 is 47.0 Å². The van der Waals surface area contributed by atoms with Gasteiger partial charge in [0.2, 0.25) is 29.5 Å². The van der Waals surface area contributed by atoms with Gasteiger partial charge in [-0.3, -0.25) is 38.5 Å². The quantitative estimate of drug-likeness (QED) is 0.0571. The van der Waals surface area contributed by atoms with E-state index < -0.39 is 41.5 Å². The van der Waals surface area contributed by atoms with Crippen molar-refractivity contribution in [1.82, 2.24) is 26.2 Å². The van der Waals surface area contributed by atoms with Crippen LogP contribution in [0.1, 0.15) is 39.2 Å². The fourth-order valence-electron chi connectivity index (χ4n) is 4.48. The summed E-state index contributed by atoms with van der Waals surface area (Å²) in [7, 11) is 0. The number of aryl methyl sites for hydroxylation is 1. The first-order valence-corrected chi connectivity index (χ1v) is 17.3. The standard InChI is InChI=1S/C35H52N6O11/c1-4-26-5-7-27(8-6-26)39-30(44)24-38-35(48)34(25(2)3)40-31(45)23-37-29(43)12-15-49-17-19-51-21-22-52-20-18-50-16-13-36-28(42)11-14-41-32(46)9-10-33(41)47/h5-10,25,34H,4,11-24H2,1-3H3,(H,36,42)(H,37,43)(H,38,48)(H,39,44)(H,40,45). The normalized spacial score (nSPS) is 12.9. The number of amides is 7. The number of hydrogen-bond donors (Lipinski definition) is 5. The molecule has 1 unspecified atom stereocenters. The van der Waals surface area contributed by atoms with Crippen LogP contribution in [0.25, 0.3) is 0 Å². The molecule has 0 fully saturated rings. The Bertz CT molecular complexity index is 1340. The van der Waals surface area contributed by atoms with Crippen molar-refractivity contribution in [2.24, 2.45) is 5.92 Å². The van der Waals surface area contributed by atoms with E-state index in [1.54, 1.807) is 26.0 Å². The van der Waals surface area contributed by atoms with Crippen molar-refractivity contribution in [3.8, 4) is 0 Å². The molecule has 0 spiro atoms. The molecular formula is C35H52N6O11. The Kier molecular flexibility index (Phi) is 21.1. The zero-order valence-corrected chi connectivity index (χ0v) is 30.2. The van der Waals surface area contributed by atoms with E-state index in [0.29, 0.717) is 38.7 Å². The molecule has 7 amide bonds. The third-order valence-corrected chi connectivity index (χ3v) is 7.40. The summed E-state index contributed by atoms with van der Waals surface area (Å²) in [5.74, 6) is -3.24. The molecule has 1 aromatic carbocycles. The van der Waals surface area contributed by atoms with Gasteiger partial charge in [-0.15, -0.1) is 0 Å². The largest absolute Gasteiger partial charge is 0.379 e. The number of carbonyl (C=O) groups is 7. The van der Waals surface area contributed by atoms with Crippen LogP contribution >= 0.6 is 0 Å². The highest BCUT2D eigenvalue weighted by atomic mass is 16.6. The number of nitrogens with zero attached hydrogens (tertiary/aromatic N) is 1. The topological polar surface area (TPSA) is 220 Å². The van der Waals surface area contributed by atoms with Gasteiger partial charge >= 0.3 is 0 Å². The molecule has 1 aliphatic rings. The SMILES string of the molecule is CCc1ccc(NC(=O)CNC(=O)C(NC(=O)CNC(=O)CCOCCOCCOCCOCCNC(=O)CCN2C(=O)C=CC2=O)C(C)C)cc1. The Morgan fingerprint density at radius 1 is 0.654 bits per heavy atom. The van der Waals surface area contributed by atoms with Crippen LogP contribution < -0.4 is 26.6 Å². The Labute approximate surface area is 303 Å². The fraction of sp³-hybridized carbons (Fsp3) is 0.571. The smallest absolute Gasteiger partial charge is 0.253 e. The summed E-state index contributed by atoms with van der Waals surface area (Å²) in [6, 6.07) is 6.50. The Morgan fingerprint density at radius 3 is 1.77 bits per heavy atom. The molecule has 5 N–H and O–H groups in total. The predicted molar refractivity (Wildman–Crippen MR) is 189 cm³/mol. The second-order valence-electron chi connectivity index (χ2n) is 11.8. The van der Waals surface area contributed by atoms with Crippen LogP contribution in [0.5, 0.6) is 0 Å². The van der Waals surface area contributed by atoms with Crippen LogP contribution in [0.2, 0.25) is 0 Å². The molecular weight excluding hydrogens is 680 g/mol. The molecule has 2 rings (SSSR count). The van der Waals surface area contributed by atoms with Crippen LogP contribution in [0.15, 0.2) is 36.4 Å². The minimum atomic E-state index is -0.894. The average molecular weight is 733 g/mol. The molecule has 52 heavy (non-hydrogen) atoms. The number of anilines is 1. The third kappa shape index (κ3) is 18.5. The summed E-state index contributed by atoms with van der Waals surface area (Å²) in [5.41, 5.74) is 1.75. The van der Waals surface area contributed by atoms with Gasteiger partial charge in [-0.1, -0.05) is 32.9 Å². The van der Waals surface area contributed by atoms with Crippen molar-refractivity contribution in [2.45, 2.75) is 46.1 Å². The Balaban J connectivity index is 1.40. The van der Waals surface area contributed by atoms with Gasteiger partial charge in [-0.05, 0) is 30.0 Å². The number of carbonyl (C=O) groups excluding carboxylic acids is 7. The summed E-state index contributed by atoms with van der Waals surface area (Å²) < 4.78 is 21.6. The highest BCUT2D eigenvalue weighted by Crippen LogP contribution is 2.10. The lowest BCUT2D eigenvalue weighted by atomic mass is 10.0. The maximum Gasteiger partial charge on any atom is 0.253 e. The first-order valence-electron chi connectivity index (χ1n) is 17.3. The zero-order valence-electron chi connectivity index (χ0n) is 30.2. The molecule has 0 bridgehead atoms. The number of rotatable bonds is 27. The molecule has 0 saturated heterocycles. The monoisotopic (exact) mass is 732 g/mol. The molecule has 1 atom stereocenters. The Morgan fingerprint density at radius 2 is 1.19 bits per heavy atom. The molecule has 288 valence electrons. The van der Waals surface area contributed by atoms with Gasteiger partial charge in [-0.2, -0.15) is 0 Å². The maximum atomic E-state index is 12.7. The van der Waals surface area contributed by atoms with E-state index >= 15 is 0 Å². The van der Waals surface area contributed by atoms with Crippen LogP contribution in [0.3, 0.4) is 0 Å². The van der Waals surface area contributed by atoms with Gasteiger partial charge in [0.05, 0.1) is 65.9 Å². The summed E-state index contributed by atoms with van der Waals surface area (Å²) >= 11 is 0. The van der Waals surface area contributed by atoms with Gasteiger partial charge in [0, 0.05) is 43.8 Å². The van der Waals surface area contributed by atoms with E-state index in [2.05, 4.69) is 26.6 Å². The minimum absolute atomic E-state index is 0.0212. The van der Waals surface area contributed by atoms with E-state index in [-0.39, 0.29) is 70.7 Å². The average Bonchev–Trinajstić information content (AvgIpc) is 3.45. The van der Waals surface area contributed by atoms with Gasteiger partial charge in [0.25, 0.3) is 11.8 Å². The van der Waals surface area contributed by atoms with Crippen LogP contribution in [0, 0.1) is 5.92 Å². The second kappa shape index (κ2) is 25.3. The first kappa shape index (κ1) is 43.5. The van der Waals surface area contributed by atoms with Gasteiger partial charge in [0.1, 0.15) is 6.04 Å². The second-order valence-corrected chi connectivity index (χ2v) is 11.8. The van der Waals surface area contributed by atoms with Crippen molar-refractivity contribution in [1.29, 1.82) is 0 Å². The van der Waals surface area contributed by atoms with E-state index in [1.807, 2.05) is 19.1 Å². The molecule has 1 aromatic rings. The lowest BCUT2D eigenvalue weighted by Crippen LogP contribution is -2.52. The molecule has 1 heterocycles. The fourth-order valence-corrected chi connectivity index (χ4v) is 4.48. The molecule has 17 heteroatoms. The van der Waals surface area contributed by atoms with Crippen molar-refractivity contribution in [2.75, 3.05) is 84.4 Å². The third-order valence-electron chi connectivity index (χ3n) is 7.40.